The van der Waals surface area contributed by atoms with Crippen LogP contribution in [-0.2, 0) is 0 Å². The third kappa shape index (κ3) is 1.63. The molecule has 0 spiro atoms. The maximum atomic E-state index is 11.2. The van der Waals surface area contributed by atoms with Gasteiger partial charge >= 0.3 is 0 Å². The molecule has 2 aromatic rings. The molecule has 5 heteroatoms. The van der Waals surface area contributed by atoms with Gasteiger partial charge in [-0.05, 0) is 29.0 Å². The van der Waals surface area contributed by atoms with Crippen molar-refractivity contribution < 1.29 is 4.79 Å². The van der Waals surface area contributed by atoms with Gasteiger partial charge in [0.25, 0.3) is 0 Å². The number of aryl methyl sites for hydroxylation is 1. The zero-order valence-electron chi connectivity index (χ0n) is 8.51. The highest BCUT2D eigenvalue weighted by Gasteiger charge is 2.13. The first-order valence-electron chi connectivity index (χ1n) is 4.55. The van der Waals surface area contributed by atoms with Gasteiger partial charge in [0, 0.05) is 6.92 Å². The summed E-state index contributed by atoms with van der Waals surface area (Å²) in [5, 5.41) is 11.0. The van der Waals surface area contributed by atoms with Crippen LogP contribution >= 0.6 is 0 Å². The molecule has 0 bridgehead atoms. The van der Waals surface area contributed by atoms with Gasteiger partial charge in [-0.2, -0.15) is 4.68 Å². The van der Waals surface area contributed by atoms with E-state index in [0.717, 1.165) is 11.3 Å². The molecule has 0 N–H and O–H groups in total. The average Bonchev–Trinajstić information content (AvgIpc) is 2.67. The molecule has 0 saturated carbocycles. The van der Waals surface area contributed by atoms with Crippen molar-refractivity contribution in [3.63, 3.8) is 0 Å². The van der Waals surface area contributed by atoms with Crippen LogP contribution in [0, 0.1) is 6.92 Å². The molecule has 15 heavy (non-hydrogen) atoms. The van der Waals surface area contributed by atoms with Gasteiger partial charge in [0.15, 0.2) is 5.78 Å². The Hall–Kier alpha value is -2.04. The second-order valence-corrected chi connectivity index (χ2v) is 3.26. The van der Waals surface area contributed by atoms with Crippen molar-refractivity contribution in [1.29, 1.82) is 0 Å². The number of para-hydroxylation sites is 1. The van der Waals surface area contributed by atoms with E-state index in [1.807, 2.05) is 31.2 Å². The number of benzene rings is 1. The lowest BCUT2D eigenvalue weighted by Gasteiger charge is -2.04. The molecular weight excluding hydrogens is 192 g/mol. The fourth-order valence-electron chi connectivity index (χ4n) is 1.37. The third-order valence-corrected chi connectivity index (χ3v) is 2.13. The predicted molar refractivity (Wildman–Crippen MR) is 53.9 cm³/mol. The second kappa shape index (κ2) is 3.61. The van der Waals surface area contributed by atoms with E-state index in [0.29, 0.717) is 0 Å². The number of carbonyl (C=O) groups excluding carboxylic acids is 1. The van der Waals surface area contributed by atoms with Crippen molar-refractivity contribution in [2.45, 2.75) is 13.8 Å². The normalized spacial score (nSPS) is 10.3. The quantitative estimate of drug-likeness (QED) is 0.686. The van der Waals surface area contributed by atoms with Crippen molar-refractivity contribution in [2.75, 3.05) is 0 Å². The molecule has 0 amide bonds. The van der Waals surface area contributed by atoms with Crippen LogP contribution in [0.4, 0.5) is 0 Å². The molecule has 0 aliphatic rings. The minimum atomic E-state index is -0.150. The van der Waals surface area contributed by atoms with E-state index in [-0.39, 0.29) is 11.6 Å². The van der Waals surface area contributed by atoms with Crippen molar-refractivity contribution in [2.24, 2.45) is 0 Å². The summed E-state index contributed by atoms with van der Waals surface area (Å²) >= 11 is 0. The van der Waals surface area contributed by atoms with Crippen LogP contribution in [0.25, 0.3) is 5.69 Å². The summed E-state index contributed by atoms with van der Waals surface area (Å²) in [6.45, 7) is 3.39. The highest BCUT2D eigenvalue weighted by atomic mass is 16.1. The van der Waals surface area contributed by atoms with E-state index in [9.17, 15) is 4.79 Å². The summed E-state index contributed by atoms with van der Waals surface area (Å²) in [5.41, 5.74) is 1.85. The molecule has 0 fully saturated rings. The molecule has 0 aliphatic carbocycles. The Kier molecular flexibility index (Phi) is 2.29. The summed E-state index contributed by atoms with van der Waals surface area (Å²) in [6.07, 6.45) is 0. The van der Waals surface area contributed by atoms with E-state index in [2.05, 4.69) is 15.5 Å². The largest absolute Gasteiger partial charge is 0.291 e. The van der Waals surface area contributed by atoms with Crippen molar-refractivity contribution in [3.05, 3.63) is 35.7 Å². The standard InChI is InChI=1S/C10H10N4O/c1-7-5-3-4-6-9(7)14-10(8(2)15)11-12-13-14/h3-6H,1-2H3. The number of nitrogens with zero attached hydrogens (tertiary/aromatic N) is 4. The van der Waals surface area contributed by atoms with Crippen LogP contribution in [0.3, 0.4) is 0 Å². The number of hydrogen-bond acceptors (Lipinski definition) is 4. The monoisotopic (exact) mass is 202 g/mol. The fourth-order valence-corrected chi connectivity index (χ4v) is 1.37. The third-order valence-electron chi connectivity index (χ3n) is 2.13. The summed E-state index contributed by atoms with van der Waals surface area (Å²) in [6, 6.07) is 7.63. The van der Waals surface area contributed by atoms with Crippen LogP contribution < -0.4 is 0 Å². The molecule has 0 saturated heterocycles. The van der Waals surface area contributed by atoms with E-state index in [4.69, 9.17) is 0 Å². The highest BCUT2D eigenvalue weighted by Crippen LogP contribution is 2.12. The molecule has 1 heterocycles. The zero-order chi connectivity index (χ0) is 10.8. The lowest BCUT2D eigenvalue weighted by atomic mass is 10.2. The maximum Gasteiger partial charge on any atom is 0.222 e. The van der Waals surface area contributed by atoms with Crippen LogP contribution in [0.5, 0.6) is 0 Å². The van der Waals surface area contributed by atoms with Gasteiger partial charge in [-0.25, -0.2) is 0 Å². The molecule has 2 rings (SSSR count). The van der Waals surface area contributed by atoms with Crippen LogP contribution in [0.2, 0.25) is 0 Å². The van der Waals surface area contributed by atoms with Gasteiger partial charge in [0.2, 0.25) is 5.82 Å². The first-order chi connectivity index (χ1) is 7.20. The molecule has 5 nitrogen and oxygen atoms in total. The number of ketones is 1. The highest BCUT2D eigenvalue weighted by molar-refractivity contribution is 5.90. The molecular formula is C10H10N4O. The Morgan fingerprint density at radius 3 is 2.73 bits per heavy atom. The van der Waals surface area contributed by atoms with Gasteiger partial charge in [-0.3, -0.25) is 4.79 Å². The number of Topliss-reactive ketones (excluding diaryl/α,β-unsaturated/α-hetero) is 1. The molecule has 1 aromatic heterocycles. The number of aromatic nitrogens is 4. The smallest absolute Gasteiger partial charge is 0.222 e. The Labute approximate surface area is 86.7 Å². The van der Waals surface area contributed by atoms with Crippen molar-refractivity contribution in [1.82, 2.24) is 20.2 Å². The first kappa shape index (κ1) is 9.51. The summed E-state index contributed by atoms with van der Waals surface area (Å²) in [4.78, 5) is 11.2. The maximum absolute atomic E-state index is 11.2. The zero-order valence-corrected chi connectivity index (χ0v) is 8.51. The number of carbonyl (C=O) groups is 1. The van der Waals surface area contributed by atoms with Gasteiger partial charge in [0.05, 0.1) is 5.69 Å². The molecule has 0 aliphatic heterocycles. The molecule has 0 atom stereocenters. The lowest BCUT2D eigenvalue weighted by molar-refractivity contribution is 0.100. The van der Waals surface area contributed by atoms with Crippen LogP contribution in [0.15, 0.2) is 24.3 Å². The number of hydrogen-bond donors (Lipinski definition) is 0. The Morgan fingerprint density at radius 2 is 2.07 bits per heavy atom. The minimum Gasteiger partial charge on any atom is -0.291 e. The average molecular weight is 202 g/mol. The van der Waals surface area contributed by atoms with Gasteiger partial charge in [-0.1, -0.05) is 18.2 Å². The topological polar surface area (TPSA) is 60.7 Å². The molecule has 0 radical (unpaired) electrons. The van der Waals surface area contributed by atoms with E-state index >= 15 is 0 Å². The number of rotatable bonds is 2. The SMILES string of the molecule is CC(=O)c1nnnn1-c1ccccc1C. The molecule has 76 valence electrons. The van der Waals surface area contributed by atoms with Gasteiger partial charge in [0.1, 0.15) is 0 Å². The second-order valence-electron chi connectivity index (χ2n) is 3.26. The fraction of sp³-hybridized carbons (Fsp3) is 0.200. The Bertz CT molecular complexity index is 504. The predicted octanol–water partition coefficient (Wildman–Crippen LogP) is 1.17. The van der Waals surface area contributed by atoms with E-state index in [1.165, 1.54) is 11.6 Å². The minimum absolute atomic E-state index is 0.150. The first-order valence-corrected chi connectivity index (χ1v) is 4.55. The summed E-state index contributed by atoms with van der Waals surface area (Å²) in [7, 11) is 0. The molecule has 1 aromatic carbocycles. The van der Waals surface area contributed by atoms with Crippen molar-refractivity contribution >= 4 is 5.78 Å². The van der Waals surface area contributed by atoms with E-state index < -0.39 is 0 Å². The summed E-state index contributed by atoms with van der Waals surface area (Å²) < 4.78 is 1.46. The van der Waals surface area contributed by atoms with Gasteiger partial charge in [-0.15, -0.1) is 5.10 Å². The van der Waals surface area contributed by atoms with E-state index in [1.54, 1.807) is 0 Å². The van der Waals surface area contributed by atoms with Crippen LogP contribution in [-0.4, -0.2) is 26.0 Å². The summed E-state index contributed by atoms with van der Waals surface area (Å²) in [5.74, 6) is 0.104. The van der Waals surface area contributed by atoms with Gasteiger partial charge < -0.3 is 0 Å². The Morgan fingerprint density at radius 1 is 1.33 bits per heavy atom. The molecule has 0 unspecified atom stereocenters. The lowest BCUT2D eigenvalue weighted by Crippen LogP contribution is -2.08. The van der Waals surface area contributed by atoms with Crippen LogP contribution in [0.1, 0.15) is 23.1 Å². The Balaban J connectivity index is 2.59. The number of tetrazole rings is 1. The van der Waals surface area contributed by atoms with Crippen molar-refractivity contribution in [3.8, 4) is 5.69 Å².